The third-order valence-corrected chi connectivity index (χ3v) is 3.21. The predicted octanol–water partition coefficient (Wildman–Crippen LogP) is 0.751. The van der Waals surface area contributed by atoms with E-state index < -0.39 is 0 Å². The molecular weight excluding hydrogens is 188 g/mol. The number of terminal acetylenes is 1. The number of carbonyl (C=O) groups is 1. The average molecular weight is 206 g/mol. The van der Waals surface area contributed by atoms with E-state index in [2.05, 4.69) is 11.2 Å². The Hall–Kier alpha value is -1.01. The third-order valence-electron chi connectivity index (χ3n) is 3.21. The Kier molecular flexibility index (Phi) is 2.97. The van der Waals surface area contributed by atoms with E-state index in [1.807, 2.05) is 11.8 Å². The van der Waals surface area contributed by atoms with Gasteiger partial charge in [-0.1, -0.05) is 12.8 Å². The number of likely N-dealkylation sites (tertiary alicyclic amines) is 1. The summed E-state index contributed by atoms with van der Waals surface area (Å²) in [5.74, 6) is 2.89. The minimum Gasteiger partial charge on any atom is -0.327 e. The van der Waals surface area contributed by atoms with Crippen molar-refractivity contribution < 1.29 is 4.79 Å². The van der Waals surface area contributed by atoms with Gasteiger partial charge in [-0.05, 0) is 25.7 Å². The highest BCUT2D eigenvalue weighted by atomic mass is 16.2. The van der Waals surface area contributed by atoms with Crippen LogP contribution >= 0.6 is 0 Å². The predicted molar refractivity (Wildman–Crippen MR) is 59.2 cm³/mol. The van der Waals surface area contributed by atoms with Gasteiger partial charge in [0.05, 0.1) is 12.1 Å². The molecule has 2 atom stereocenters. The van der Waals surface area contributed by atoms with Gasteiger partial charge in [-0.25, -0.2) is 0 Å². The Morgan fingerprint density at radius 2 is 2.33 bits per heavy atom. The summed E-state index contributed by atoms with van der Waals surface area (Å²) >= 11 is 0. The molecule has 1 amide bonds. The van der Waals surface area contributed by atoms with Gasteiger partial charge in [-0.15, -0.1) is 6.42 Å². The molecule has 1 heterocycles. The summed E-state index contributed by atoms with van der Waals surface area (Å²) in [7, 11) is 0. The average Bonchev–Trinajstić information content (AvgIpc) is 2.98. The molecular formula is C12H18N2O. The normalized spacial score (nSPS) is 27.9. The van der Waals surface area contributed by atoms with Crippen LogP contribution in [-0.4, -0.2) is 35.5 Å². The molecule has 1 saturated heterocycles. The van der Waals surface area contributed by atoms with E-state index in [0.717, 1.165) is 19.4 Å². The van der Waals surface area contributed by atoms with Crippen molar-refractivity contribution in [3.63, 3.8) is 0 Å². The van der Waals surface area contributed by atoms with Gasteiger partial charge in [0.2, 0.25) is 5.91 Å². The van der Waals surface area contributed by atoms with Crippen molar-refractivity contribution in [1.29, 1.82) is 0 Å². The van der Waals surface area contributed by atoms with Crippen LogP contribution in [0.2, 0.25) is 0 Å². The van der Waals surface area contributed by atoms with E-state index in [1.165, 1.54) is 12.8 Å². The van der Waals surface area contributed by atoms with Gasteiger partial charge in [0.15, 0.2) is 0 Å². The smallest absolute Gasteiger partial charge is 0.240 e. The van der Waals surface area contributed by atoms with Crippen LogP contribution < -0.4 is 5.32 Å². The van der Waals surface area contributed by atoms with Gasteiger partial charge in [0.1, 0.15) is 0 Å². The molecule has 0 aromatic rings. The fourth-order valence-electron chi connectivity index (χ4n) is 2.13. The largest absolute Gasteiger partial charge is 0.327 e. The molecule has 2 aliphatic rings. The lowest BCUT2D eigenvalue weighted by molar-refractivity contribution is -0.130. The molecule has 1 saturated carbocycles. The molecule has 82 valence electrons. The number of hydrogen-bond acceptors (Lipinski definition) is 2. The Bertz CT molecular complexity index is 290. The molecule has 0 bridgehead atoms. The van der Waals surface area contributed by atoms with Crippen molar-refractivity contribution in [3.8, 4) is 12.3 Å². The molecule has 0 spiro atoms. The molecule has 2 fully saturated rings. The molecule has 1 N–H and O–H groups in total. The lowest BCUT2D eigenvalue weighted by Gasteiger charge is -2.22. The van der Waals surface area contributed by atoms with E-state index in [-0.39, 0.29) is 18.0 Å². The Balaban J connectivity index is 1.93. The summed E-state index contributed by atoms with van der Waals surface area (Å²) in [6.07, 6.45) is 9.61. The minimum atomic E-state index is -0.0106. The summed E-state index contributed by atoms with van der Waals surface area (Å²) in [6, 6.07) is 0.605. The molecule has 0 aromatic heterocycles. The van der Waals surface area contributed by atoms with Crippen LogP contribution in [0.25, 0.3) is 0 Å². The quantitative estimate of drug-likeness (QED) is 0.688. The van der Waals surface area contributed by atoms with E-state index in [0.29, 0.717) is 6.04 Å². The Morgan fingerprint density at radius 1 is 1.60 bits per heavy atom. The number of rotatable bonds is 4. The lowest BCUT2D eigenvalue weighted by Crippen LogP contribution is -2.42. The van der Waals surface area contributed by atoms with Gasteiger partial charge in [0.25, 0.3) is 0 Å². The minimum absolute atomic E-state index is 0.0106. The summed E-state index contributed by atoms with van der Waals surface area (Å²) in [5.41, 5.74) is 0. The first-order valence-corrected chi connectivity index (χ1v) is 5.79. The molecule has 1 aliphatic heterocycles. The SMILES string of the molecule is C#CC(CC)N1CCC(NC2CC2)C1=O. The van der Waals surface area contributed by atoms with Crippen molar-refractivity contribution in [2.24, 2.45) is 0 Å². The fraction of sp³-hybridized carbons (Fsp3) is 0.750. The van der Waals surface area contributed by atoms with Crippen molar-refractivity contribution in [3.05, 3.63) is 0 Å². The highest BCUT2D eigenvalue weighted by Gasteiger charge is 2.37. The molecule has 3 nitrogen and oxygen atoms in total. The summed E-state index contributed by atoms with van der Waals surface area (Å²) in [5, 5.41) is 3.38. The zero-order valence-corrected chi connectivity index (χ0v) is 9.20. The molecule has 1 aliphatic carbocycles. The van der Waals surface area contributed by atoms with E-state index >= 15 is 0 Å². The van der Waals surface area contributed by atoms with E-state index in [9.17, 15) is 4.79 Å². The van der Waals surface area contributed by atoms with Crippen LogP contribution in [-0.2, 0) is 4.79 Å². The molecule has 0 radical (unpaired) electrons. The number of carbonyl (C=O) groups excluding carboxylic acids is 1. The van der Waals surface area contributed by atoms with Crippen LogP contribution in [0.1, 0.15) is 32.6 Å². The summed E-state index contributed by atoms with van der Waals surface area (Å²) in [6.45, 7) is 2.84. The van der Waals surface area contributed by atoms with Gasteiger partial charge in [-0.3, -0.25) is 4.79 Å². The molecule has 0 aromatic carbocycles. The first kappa shape index (κ1) is 10.5. The Morgan fingerprint density at radius 3 is 2.87 bits per heavy atom. The maximum atomic E-state index is 12.0. The standard InChI is InChI=1S/C12H18N2O/c1-3-10(4-2)14-8-7-11(12(14)15)13-9-5-6-9/h1,9-11,13H,4-8H2,2H3. The fourth-order valence-corrected chi connectivity index (χ4v) is 2.13. The van der Waals surface area contributed by atoms with Crippen molar-refractivity contribution in [2.75, 3.05) is 6.54 Å². The van der Waals surface area contributed by atoms with Gasteiger partial charge < -0.3 is 10.2 Å². The zero-order valence-electron chi connectivity index (χ0n) is 9.20. The molecule has 15 heavy (non-hydrogen) atoms. The zero-order chi connectivity index (χ0) is 10.8. The highest BCUT2D eigenvalue weighted by Crippen LogP contribution is 2.23. The van der Waals surface area contributed by atoms with Gasteiger partial charge in [0, 0.05) is 12.6 Å². The van der Waals surface area contributed by atoms with E-state index in [1.54, 1.807) is 0 Å². The van der Waals surface area contributed by atoms with E-state index in [4.69, 9.17) is 6.42 Å². The summed E-state index contributed by atoms with van der Waals surface area (Å²) < 4.78 is 0. The van der Waals surface area contributed by atoms with Crippen LogP contribution in [0, 0.1) is 12.3 Å². The van der Waals surface area contributed by atoms with Crippen LogP contribution in [0.5, 0.6) is 0 Å². The monoisotopic (exact) mass is 206 g/mol. The second-order valence-electron chi connectivity index (χ2n) is 4.40. The number of hydrogen-bond donors (Lipinski definition) is 1. The third kappa shape index (κ3) is 2.15. The number of nitrogens with zero attached hydrogens (tertiary/aromatic N) is 1. The number of amides is 1. The molecule has 3 heteroatoms. The van der Waals surface area contributed by atoms with Gasteiger partial charge in [-0.2, -0.15) is 0 Å². The lowest BCUT2D eigenvalue weighted by atomic mass is 10.2. The first-order valence-electron chi connectivity index (χ1n) is 5.79. The van der Waals surface area contributed by atoms with Gasteiger partial charge >= 0.3 is 0 Å². The van der Waals surface area contributed by atoms with Crippen molar-refractivity contribution in [2.45, 2.75) is 50.7 Å². The second kappa shape index (κ2) is 4.24. The second-order valence-corrected chi connectivity index (χ2v) is 4.40. The maximum Gasteiger partial charge on any atom is 0.240 e. The van der Waals surface area contributed by atoms with Crippen molar-refractivity contribution >= 4 is 5.91 Å². The Labute approximate surface area is 91.2 Å². The van der Waals surface area contributed by atoms with Crippen LogP contribution in [0.4, 0.5) is 0 Å². The topological polar surface area (TPSA) is 32.3 Å². The van der Waals surface area contributed by atoms with Crippen LogP contribution in [0.15, 0.2) is 0 Å². The summed E-state index contributed by atoms with van der Waals surface area (Å²) in [4.78, 5) is 13.8. The molecule has 2 unspecified atom stereocenters. The van der Waals surface area contributed by atoms with Crippen molar-refractivity contribution in [1.82, 2.24) is 10.2 Å². The number of nitrogens with one attached hydrogen (secondary N) is 1. The van der Waals surface area contributed by atoms with Crippen LogP contribution in [0.3, 0.4) is 0 Å². The molecule has 2 rings (SSSR count). The highest BCUT2D eigenvalue weighted by molar-refractivity contribution is 5.84. The first-order chi connectivity index (χ1) is 7.26. The maximum absolute atomic E-state index is 12.0.